The molecule has 1 rings (SSSR count). The van der Waals surface area contributed by atoms with E-state index in [0.717, 1.165) is 6.42 Å². The predicted molar refractivity (Wildman–Crippen MR) is 103 cm³/mol. The lowest BCUT2D eigenvalue weighted by Crippen LogP contribution is -2.12. The maximum Gasteiger partial charge on any atom is 0.306 e. The Hall–Kier alpha value is -0.530. The Morgan fingerprint density at radius 1 is 0.833 bits per heavy atom. The van der Waals surface area contributed by atoms with Crippen LogP contribution in [0, 0.1) is 17.8 Å². The maximum absolute atomic E-state index is 10.9. The Morgan fingerprint density at radius 3 is 1.67 bits per heavy atom. The lowest BCUT2D eigenvalue weighted by atomic mass is 10.0. The SMILES string of the molecule is CCCCCCCCCCCCCCCCC1CC1C(C)C(=O)O. The number of rotatable bonds is 17. The van der Waals surface area contributed by atoms with Crippen molar-refractivity contribution in [3.8, 4) is 0 Å². The highest BCUT2D eigenvalue weighted by Crippen LogP contribution is 2.47. The van der Waals surface area contributed by atoms with Gasteiger partial charge in [-0.2, -0.15) is 0 Å². The zero-order valence-corrected chi connectivity index (χ0v) is 16.4. The van der Waals surface area contributed by atoms with E-state index >= 15 is 0 Å². The Kier molecular flexibility index (Phi) is 12.3. The molecule has 0 amide bonds. The summed E-state index contributed by atoms with van der Waals surface area (Å²) in [6, 6.07) is 0. The standard InChI is InChI=1S/C22H42O2/c1-3-4-5-6-7-8-9-10-11-12-13-14-15-16-17-20-18-21(20)19(2)22(23)24/h19-21H,3-18H2,1-2H3,(H,23,24). The van der Waals surface area contributed by atoms with Crippen LogP contribution in [0.5, 0.6) is 0 Å². The van der Waals surface area contributed by atoms with Crippen LogP contribution in [0.15, 0.2) is 0 Å². The zero-order chi connectivity index (χ0) is 17.6. The molecule has 3 atom stereocenters. The molecule has 0 bridgehead atoms. The van der Waals surface area contributed by atoms with Crippen LogP contribution in [-0.4, -0.2) is 11.1 Å². The van der Waals surface area contributed by atoms with Crippen molar-refractivity contribution in [2.24, 2.45) is 17.8 Å². The van der Waals surface area contributed by atoms with Crippen molar-refractivity contribution < 1.29 is 9.90 Å². The molecular formula is C22H42O2. The number of hydrogen-bond acceptors (Lipinski definition) is 1. The second kappa shape index (κ2) is 13.7. The van der Waals surface area contributed by atoms with Gasteiger partial charge in [-0.1, -0.05) is 110 Å². The first-order valence-electron chi connectivity index (χ1n) is 10.9. The fourth-order valence-electron chi connectivity index (χ4n) is 4.00. The van der Waals surface area contributed by atoms with Crippen LogP contribution in [0.3, 0.4) is 0 Å². The van der Waals surface area contributed by atoms with E-state index in [1.165, 1.54) is 96.3 Å². The minimum atomic E-state index is -0.608. The normalized spacial score (nSPS) is 20.9. The third-order valence-corrected chi connectivity index (χ3v) is 5.94. The van der Waals surface area contributed by atoms with Crippen molar-refractivity contribution in [1.29, 1.82) is 0 Å². The van der Waals surface area contributed by atoms with Crippen molar-refractivity contribution in [1.82, 2.24) is 0 Å². The molecule has 0 radical (unpaired) electrons. The third kappa shape index (κ3) is 10.4. The second-order valence-electron chi connectivity index (χ2n) is 8.17. The van der Waals surface area contributed by atoms with E-state index in [1.54, 1.807) is 0 Å². The maximum atomic E-state index is 10.9. The van der Waals surface area contributed by atoms with Gasteiger partial charge in [0.1, 0.15) is 0 Å². The zero-order valence-electron chi connectivity index (χ0n) is 16.4. The molecule has 1 fully saturated rings. The molecule has 0 aliphatic heterocycles. The monoisotopic (exact) mass is 338 g/mol. The van der Waals surface area contributed by atoms with E-state index in [-0.39, 0.29) is 5.92 Å². The van der Waals surface area contributed by atoms with Crippen molar-refractivity contribution in [2.45, 2.75) is 117 Å². The smallest absolute Gasteiger partial charge is 0.306 e. The van der Waals surface area contributed by atoms with Crippen LogP contribution in [0.2, 0.25) is 0 Å². The van der Waals surface area contributed by atoms with E-state index < -0.39 is 5.97 Å². The van der Waals surface area contributed by atoms with Gasteiger partial charge in [-0.05, 0) is 18.3 Å². The largest absolute Gasteiger partial charge is 0.481 e. The summed E-state index contributed by atoms with van der Waals surface area (Å²) < 4.78 is 0. The van der Waals surface area contributed by atoms with Gasteiger partial charge < -0.3 is 5.11 Å². The molecule has 24 heavy (non-hydrogen) atoms. The number of carboxylic acids is 1. The van der Waals surface area contributed by atoms with Gasteiger partial charge in [-0.25, -0.2) is 0 Å². The number of carboxylic acid groups (broad SMARTS) is 1. The first-order chi connectivity index (χ1) is 11.7. The molecule has 1 aliphatic rings. The lowest BCUT2D eigenvalue weighted by Gasteiger charge is -2.05. The van der Waals surface area contributed by atoms with E-state index in [9.17, 15) is 4.79 Å². The van der Waals surface area contributed by atoms with Crippen LogP contribution in [0.4, 0.5) is 0 Å². The highest BCUT2D eigenvalue weighted by molar-refractivity contribution is 5.70. The molecule has 0 spiro atoms. The molecular weight excluding hydrogens is 296 g/mol. The van der Waals surface area contributed by atoms with Crippen molar-refractivity contribution >= 4 is 5.97 Å². The minimum absolute atomic E-state index is 0.123. The average Bonchev–Trinajstić information content (AvgIpc) is 3.33. The Balaban J connectivity index is 1.74. The molecule has 1 aliphatic carbocycles. The molecule has 2 nitrogen and oxygen atoms in total. The van der Waals surface area contributed by atoms with Crippen molar-refractivity contribution in [3.63, 3.8) is 0 Å². The molecule has 1 saturated carbocycles. The fraction of sp³-hybridized carbons (Fsp3) is 0.955. The van der Waals surface area contributed by atoms with Gasteiger partial charge in [0.15, 0.2) is 0 Å². The first kappa shape index (κ1) is 21.5. The highest BCUT2D eigenvalue weighted by atomic mass is 16.4. The topological polar surface area (TPSA) is 37.3 Å². The minimum Gasteiger partial charge on any atom is -0.481 e. The second-order valence-corrected chi connectivity index (χ2v) is 8.17. The van der Waals surface area contributed by atoms with Gasteiger partial charge in [0.05, 0.1) is 5.92 Å². The summed E-state index contributed by atoms with van der Waals surface area (Å²) in [5.74, 6) is 0.461. The molecule has 0 saturated heterocycles. The molecule has 0 aromatic rings. The number of carbonyl (C=O) groups is 1. The Bertz CT molecular complexity index is 313. The summed E-state index contributed by atoms with van der Waals surface area (Å²) in [5, 5.41) is 9.00. The van der Waals surface area contributed by atoms with Crippen LogP contribution in [-0.2, 0) is 4.79 Å². The van der Waals surface area contributed by atoms with Gasteiger partial charge in [-0.15, -0.1) is 0 Å². The molecule has 0 aromatic carbocycles. The average molecular weight is 339 g/mol. The number of hydrogen-bond donors (Lipinski definition) is 1. The molecule has 3 unspecified atom stereocenters. The van der Waals surface area contributed by atoms with Gasteiger partial charge in [0.2, 0.25) is 0 Å². The highest BCUT2D eigenvalue weighted by Gasteiger charge is 2.42. The van der Waals surface area contributed by atoms with E-state index in [1.807, 2.05) is 6.92 Å². The van der Waals surface area contributed by atoms with Crippen LogP contribution in [0.1, 0.15) is 117 Å². The molecule has 1 N–H and O–H groups in total. The number of unbranched alkanes of at least 4 members (excludes halogenated alkanes) is 13. The summed E-state index contributed by atoms with van der Waals surface area (Å²) >= 11 is 0. The quantitative estimate of drug-likeness (QED) is 0.284. The summed E-state index contributed by atoms with van der Waals surface area (Å²) in [6.45, 7) is 4.15. The molecule has 0 aromatic heterocycles. The van der Waals surface area contributed by atoms with E-state index in [2.05, 4.69) is 6.92 Å². The van der Waals surface area contributed by atoms with Crippen LogP contribution < -0.4 is 0 Å². The van der Waals surface area contributed by atoms with Crippen LogP contribution in [0.25, 0.3) is 0 Å². The Labute approximate surface area is 150 Å². The summed E-state index contributed by atoms with van der Waals surface area (Å²) in [7, 11) is 0. The van der Waals surface area contributed by atoms with Gasteiger partial charge in [0, 0.05) is 0 Å². The number of aliphatic carboxylic acids is 1. The van der Waals surface area contributed by atoms with Crippen molar-refractivity contribution in [2.75, 3.05) is 0 Å². The molecule has 2 heteroatoms. The molecule has 0 heterocycles. The van der Waals surface area contributed by atoms with Gasteiger partial charge in [0.25, 0.3) is 0 Å². The van der Waals surface area contributed by atoms with Crippen molar-refractivity contribution in [3.05, 3.63) is 0 Å². The van der Waals surface area contributed by atoms with Crippen LogP contribution >= 0.6 is 0 Å². The fourth-order valence-corrected chi connectivity index (χ4v) is 4.00. The summed E-state index contributed by atoms with van der Waals surface area (Å²) in [5.41, 5.74) is 0. The summed E-state index contributed by atoms with van der Waals surface area (Å²) in [4.78, 5) is 10.9. The van der Waals surface area contributed by atoms with Gasteiger partial charge in [-0.3, -0.25) is 4.79 Å². The lowest BCUT2D eigenvalue weighted by molar-refractivity contribution is -0.141. The Morgan fingerprint density at radius 2 is 1.25 bits per heavy atom. The van der Waals surface area contributed by atoms with Gasteiger partial charge >= 0.3 is 5.97 Å². The predicted octanol–water partition coefficient (Wildman–Crippen LogP) is 7.21. The summed E-state index contributed by atoms with van der Waals surface area (Å²) in [6.07, 6.45) is 22.1. The van der Waals surface area contributed by atoms with E-state index in [0.29, 0.717) is 11.8 Å². The third-order valence-electron chi connectivity index (χ3n) is 5.94. The molecule has 142 valence electrons. The first-order valence-corrected chi connectivity index (χ1v) is 10.9. The van der Waals surface area contributed by atoms with E-state index in [4.69, 9.17) is 5.11 Å².